The Bertz CT molecular complexity index is 1090. The molecule has 0 aliphatic rings. The SMILES string of the molecule is O=P(O)(O)O.O=P(O)(Oc1ccccc1)Oc1ccccc1.c1ccc(-c2ccccc2)cc1. The number of phosphoric acid groups is 2. The predicted molar refractivity (Wildman–Crippen MR) is 130 cm³/mol. The Hall–Kier alpha value is -3.22. The van der Waals surface area contributed by atoms with Crippen molar-refractivity contribution in [3.63, 3.8) is 0 Å². The number of para-hydroxylation sites is 2. The van der Waals surface area contributed by atoms with E-state index < -0.39 is 15.6 Å². The molecule has 4 N–H and O–H groups in total. The van der Waals surface area contributed by atoms with Gasteiger partial charge in [0.15, 0.2) is 0 Å². The van der Waals surface area contributed by atoms with Crippen molar-refractivity contribution in [2.45, 2.75) is 0 Å². The number of phosphoric ester groups is 1. The van der Waals surface area contributed by atoms with E-state index in [0.717, 1.165) is 0 Å². The summed E-state index contributed by atoms with van der Waals surface area (Å²) in [6.45, 7) is 0. The first-order valence-corrected chi connectivity index (χ1v) is 12.9. The van der Waals surface area contributed by atoms with E-state index in [2.05, 4.69) is 48.5 Å². The first-order chi connectivity index (χ1) is 16.1. The van der Waals surface area contributed by atoms with E-state index in [1.807, 2.05) is 12.1 Å². The zero-order chi connectivity index (χ0) is 24.9. The highest BCUT2D eigenvalue weighted by Crippen LogP contribution is 2.44. The van der Waals surface area contributed by atoms with Crippen molar-refractivity contribution < 1.29 is 37.8 Å². The van der Waals surface area contributed by atoms with Crippen LogP contribution in [-0.4, -0.2) is 19.6 Å². The molecule has 0 fully saturated rings. The van der Waals surface area contributed by atoms with Gasteiger partial charge in [-0.05, 0) is 35.4 Å². The van der Waals surface area contributed by atoms with Gasteiger partial charge in [-0.25, -0.2) is 9.13 Å². The molecule has 0 saturated heterocycles. The van der Waals surface area contributed by atoms with Crippen LogP contribution < -0.4 is 9.05 Å². The summed E-state index contributed by atoms with van der Waals surface area (Å²) >= 11 is 0. The third-order valence-corrected chi connectivity index (χ3v) is 4.69. The van der Waals surface area contributed by atoms with Crippen LogP contribution in [0, 0.1) is 0 Å². The lowest BCUT2D eigenvalue weighted by molar-refractivity contribution is 0.275. The van der Waals surface area contributed by atoms with Gasteiger partial charge in [-0.2, -0.15) is 0 Å². The molecular formula is C24H24O8P2. The second kappa shape index (κ2) is 13.5. The van der Waals surface area contributed by atoms with Crippen molar-refractivity contribution in [3.8, 4) is 22.6 Å². The number of hydrogen-bond acceptors (Lipinski definition) is 4. The van der Waals surface area contributed by atoms with Gasteiger partial charge in [-0.15, -0.1) is 0 Å². The molecule has 34 heavy (non-hydrogen) atoms. The highest BCUT2D eigenvalue weighted by molar-refractivity contribution is 7.48. The smallest absolute Gasteiger partial charge is 0.395 e. The standard InChI is InChI=1S/C12H11O4P.C12H10.H3O4P/c13-17(14,15-11-7-3-1-4-8-11)16-12-9-5-2-6-10-12;1-3-7-11(8-4-1)12-9-5-2-6-10-12;1-5(2,3)4/h1-10H,(H,13,14);1-10H;(H3,1,2,3,4). The molecule has 0 radical (unpaired) electrons. The monoisotopic (exact) mass is 502 g/mol. The molecule has 0 heterocycles. The van der Waals surface area contributed by atoms with Crippen molar-refractivity contribution in [1.29, 1.82) is 0 Å². The average molecular weight is 502 g/mol. The van der Waals surface area contributed by atoms with E-state index >= 15 is 0 Å². The van der Waals surface area contributed by atoms with Gasteiger partial charge in [0.25, 0.3) is 0 Å². The lowest BCUT2D eigenvalue weighted by Crippen LogP contribution is -1.99. The van der Waals surface area contributed by atoms with Crippen molar-refractivity contribution >= 4 is 15.6 Å². The number of rotatable bonds is 5. The molecule has 0 aliphatic carbocycles. The Morgan fingerprint density at radius 3 is 0.941 bits per heavy atom. The molecule has 0 aliphatic heterocycles. The van der Waals surface area contributed by atoms with Crippen LogP contribution in [0.15, 0.2) is 121 Å². The number of benzene rings is 4. The first kappa shape index (κ1) is 27.0. The predicted octanol–water partition coefficient (Wildman–Crippen LogP) is 5.67. The van der Waals surface area contributed by atoms with Crippen LogP contribution in [0.5, 0.6) is 11.5 Å². The maximum Gasteiger partial charge on any atom is 0.584 e. The quantitative estimate of drug-likeness (QED) is 0.257. The fourth-order valence-electron chi connectivity index (χ4n) is 2.51. The summed E-state index contributed by atoms with van der Waals surface area (Å²) in [5.41, 5.74) is 2.55. The van der Waals surface area contributed by atoms with Gasteiger partial charge in [0.2, 0.25) is 0 Å². The Balaban J connectivity index is 0.000000209. The van der Waals surface area contributed by atoms with Crippen LogP contribution >= 0.6 is 15.6 Å². The molecule has 4 rings (SSSR count). The normalized spacial score (nSPS) is 10.6. The second-order valence-electron chi connectivity index (χ2n) is 6.52. The first-order valence-electron chi connectivity index (χ1n) is 9.83. The molecule has 0 aromatic heterocycles. The van der Waals surface area contributed by atoms with E-state index in [1.54, 1.807) is 60.7 Å². The van der Waals surface area contributed by atoms with Gasteiger partial charge in [0.1, 0.15) is 11.5 Å². The van der Waals surface area contributed by atoms with E-state index in [0.29, 0.717) is 0 Å². The van der Waals surface area contributed by atoms with E-state index in [4.69, 9.17) is 28.3 Å². The van der Waals surface area contributed by atoms with E-state index in [-0.39, 0.29) is 11.5 Å². The molecule has 4 aromatic carbocycles. The van der Waals surface area contributed by atoms with Crippen LogP contribution in [0.1, 0.15) is 0 Å². The summed E-state index contributed by atoms with van der Waals surface area (Å²) < 4.78 is 30.3. The highest BCUT2D eigenvalue weighted by Gasteiger charge is 2.24. The minimum Gasteiger partial charge on any atom is -0.395 e. The van der Waals surface area contributed by atoms with Crippen LogP contribution in [0.4, 0.5) is 0 Å². The molecule has 0 spiro atoms. The van der Waals surface area contributed by atoms with Gasteiger partial charge < -0.3 is 23.7 Å². The van der Waals surface area contributed by atoms with Gasteiger partial charge in [0, 0.05) is 0 Å². The van der Waals surface area contributed by atoms with Crippen LogP contribution in [0.3, 0.4) is 0 Å². The maximum absolute atomic E-state index is 11.7. The van der Waals surface area contributed by atoms with Crippen molar-refractivity contribution in [3.05, 3.63) is 121 Å². The van der Waals surface area contributed by atoms with E-state index in [1.165, 1.54) is 11.1 Å². The molecule has 0 unspecified atom stereocenters. The third kappa shape index (κ3) is 12.1. The van der Waals surface area contributed by atoms with Gasteiger partial charge in [-0.3, -0.25) is 4.89 Å². The summed E-state index contributed by atoms with van der Waals surface area (Å²) in [5.74, 6) is 0.573. The van der Waals surface area contributed by atoms with Crippen molar-refractivity contribution in [2.24, 2.45) is 0 Å². The maximum atomic E-state index is 11.7. The highest BCUT2D eigenvalue weighted by atomic mass is 31.2. The largest absolute Gasteiger partial charge is 0.584 e. The molecule has 4 aromatic rings. The molecule has 8 nitrogen and oxygen atoms in total. The third-order valence-electron chi connectivity index (χ3n) is 3.81. The lowest BCUT2D eigenvalue weighted by atomic mass is 10.1. The molecule has 0 atom stereocenters. The minimum atomic E-state index is -4.64. The van der Waals surface area contributed by atoms with Crippen LogP contribution in [0.25, 0.3) is 11.1 Å². The minimum absolute atomic E-state index is 0.286. The topological polar surface area (TPSA) is 134 Å². The van der Waals surface area contributed by atoms with Gasteiger partial charge in [0.05, 0.1) is 0 Å². The van der Waals surface area contributed by atoms with Crippen LogP contribution in [0.2, 0.25) is 0 Å². The van der Waals surface area contributed by atoms with Gasteiger partial charge >= 0.3 is 15.6 Å². The summed E-state index contributed by atoms with van der Waals surface area (Å²) in [7, 11) is -8.78. The molecule has 0 saturated carbocycles. The number of hydrogen-bond donors (Lipinski definition) is 4. The van der Waals surface area contributed by atoms with Gasteiger partial charge in [-0.1, -0.05) is 97.1 Å². The summed E-state index contributed by atoms with van der Waals surface area (Å²) in [5, 5.41) is 0. The summed E-state index contributed by atoms with van der Waals surface area (Å²) in [6.07, 6.45) is 0. The fourth-order valence-corrected chi connectivity index (χ4v) is 3.32. The second-order valence-corrected chi connectivity index (χ2v) is 8.85. The Morgan fingerprint density at radius 1 is 0.441 bits per heavy atom. The Kier molecular flexibility index (Phi) is 10.7. The average Bonchev–Trinajstić information content (AvgIpc) is 2.80. The van der Waals surface area contributed by atoms with Crippen molar-refractivity contribution in [2.75, 3.05) is 0 Å². The van der Waals surface area contributed by atoms with E-state index in [9.17, 15) is 9.46 Å². The Morgan fingerprint density at radius 2 is 0.676 bits per heavy atom. The molecule has 178 valence electrons. The lowest BCUT2D eigenvalue weighted by Gasteiger charge is -2.13. The molecule has 10 heteroatoms. The summed E-state index contributed by atoms with van der Waals surface area (Å²) in [4.78, 5) is 31.1. The van der Waals surface area contributed by atoms with Crippen molar-refractivity contribution in [1.82, 2.24) is 0 Å². The Labute approximate surface area is 197 Å². The molecular weight excluding hydrogens is 478 g/mol. The van der Waals surface area contributed by atoms with Crippen LogP contribution in [-0.2, 0) is 9.13 Å². The fraction of sp³-hybridized carbons (Fsp3) is 0. The molecule has 0 bridgehead atoms. The zero-order valence-electron chi connectivity index (χ0n) is 17.9. The molecule has 0 amide bonds. The zero-order valence-corrected chi connectivity index (χ0v) is 19.7. The summed E-state index contributed by atoms with van der Waals surface area (Å²) in [6, 6.07) is 37.5.